The van der Waals surface area contributed by atoms with Crippen LogP contribution in [0.4, 0.5) is 0 Å². The number of carbonyl (C=O) groups is 1. The third kappa shape index (κ3) is 1.37. The van der Waals surface area contributed by atoms with Crippen LogP contribution in [-0.4, -0.2) is 11.3 Å². The van der Waals surface area contributed by atoms with E-state index >= 15 is 0 Å². The van der Waals surface area contributed by atoms with Crippen molar-refractivity contribution >= 4 is 33.6 Å². The first-order valence-corrected chi connectivity index (χ1v) is 5.03. The zero-order chi connectivity index (χ0) is 7.84. The number of aldehydes is 1. The number of hydrogen-bond donors (Lipinski definition) is 0. The highest BCUT2D eigenvalue weighted by Gasteiger charge is 2.27. The van der Waals surface area contributed by atoms with Crippen LogP contribution in [0.3, 0.4) is 0 Å². The number of thiazole rings is 1. The minimum absolute atomic E-state index is 0.644. The third-order valence-electron chi connectivity index (χ3n) is 1.66. The fraction of sp³-hybridized carbons (Fsp3) is 0.429. The summed E-state index contributed by atoms with van der Waals surface area (Å²) < 4.78 is 0.708. The molecule has 4 heteroatoms. The van der Waals surface area contributed by atoms with Crippen molar-refractivity contribution in [1.29, 1.82) is 0 Å². The highest BCUT2D eigenvalue weighted by molar-refractivity contribution is 9.10. The lowest BCUT2D eigenvalue weighted by molar-refractivity contribution is 0.112. The minimum atomic E-state index is 0.644. The van der Waals surface area contributed by atoms with Crippen LogP contribution >= 0.6 is 27.3 Å². The molecular weight excluding hydrogens is 226 g/mol. The van der Waals surface area contributed by atoms with Gasteiger partial charge >= 0.3 is 0 Å². The Morgan fingerprint density at radius 1 is 1.64 bits per heavy atom. The Morgan fingerprint density at radius 2 is 2.36 bits per heavy atom. The van der Waals surface area contributed by atoms with Gasteiger partial charge in [0.15, 0.2) is 6.29 Å². The molecule has 0 N–H and O–H groups in total. The summed E-state index contributed by atoms with van der Waals surface area (Å²) in [7, 11) is 0. The van der Waals surface area contributed by atoms with Gasteiger partial charge in [-0.2, -0.15) is 0 Å². The molecule has 0 aliphatic heterocycles. The summed E-state index contributed by atoms with van der Waals surface area (Å²) in [6.45, 7) is 0. The lowest BCUT2D eigenvalue weighted by atomic mass is 10.5. The van der Waals surface area contributed by atoms with Crippen molar-refractivity contribution in [1.82, 2.24) is 4.98 Å². The Kier molecular flexibility index (Phi) is 1.81. The number of aromatic nitrogens is 1. The summed E-state index contributed by atoms with van der Waals surface area (Å²) in [6.07, 6.45) is 3.32. The summed E-state index contributed by atoms with van der Waals surface area (Å²) >= 11 is 4.75. The van der Waals surface area contributed by atoms with Crippen LogP contribution in [0.2, 0.25) is 0 Å². The first-order chi connectivity index (χ1) is 5.31. The predicted octanol–water partition coefficient (Wildman–Crippen LogP) is 2.60. The number of nitrogens with zero attached hydrogens (tertiary/aromatic N) is 1. The molecule has 1 fully saturated rings. The largest absolute Gasteiger partial charge is 0.297 e. The summed E-state index contributed by atoms with van der Waals surface area (Å²) in [5, 5.41) is 1.11. The van der Waals surface area contributed by atoms with E-state index < -0.39 is 0 Å². The molecule has 1 aromatic heterocycles. The SMILES string of the molecule is O=Cc1sc(C2CC2)nc1Br. The van der Waals surface area contributed by atoms with Gasteiger partial charge < -0.3 is 0 Å². The molecule has 0 aromatic carbocycles. The molecule has 2 rings (SSSR count). The maximum atomic E-state index is 10.4. The van der Waals surface area contributed by atoms with E-state index in [4.69, 9.17) is 0 Å². The lowest BCUT2D eigenvalue weighted by Gasteiger charge is -1.81. The van der Waals surface area contributed by atoms with Gasteiger partial charge in [0.2, 0.25) is 0 Å². The Hall–Kier alpha value is -0.220. The van der Waals surface area contributed by atoms with Crippen LogP contribution in [0.25, 0.3) is 0 Å². The first kappa shape index (κ1) is 7.43. The molecule has 0 spiro atoms. The fourth-order valence-electron chi connectivity index (χ4n) is 0.907. The van der Waals surface area contributed by atoms with Crippen molar-refractivity contribution in [2.45, 2.75) is 18.8 Å². The molecule has 0 unspecified atom stereocenters. The summed E-state index contributed by atoms with van der Waals surface area (Å²) in [6, 6.07) is 0. The number of hydrogen-bond acceptors (Lipinski definition) is 3. The van der Waals surface area contributed by atoms with E-state index in [1.165, 1.54) is 24.2 Å². The number of rotatable bonds is 2. The van der Waals surface area contributed by atoms with E-state index in [1.54, 1.807) is 0 Å². The standard InChI is InChI=1S/C7H6BrNOS/c8-6-5(3-10)11-7(9-6)4-1-2-4/h3-4H,1-2H2. The Morgan fingerprint density at radius 3 is 2.82 bits per heavy atom. The molecule has 1 heterocycles. The monoisotopic (exact) mass is 231 g/mol. The second kappa shape index (κ2) is 2.68. The van der Waals surface area contributed by atoms with E-state index in [0.717, 1.165) is 11.3 Å². The van der Waals surface area contributed by atoms with E-state index in [9.17, 15) is 4.79 Å². The van der Waals surface area contributed by atoms with Crippen molar-refractivity contribution in [2.75, 3.05) is 0 Å². The summed E-state index contributed by atoms with van der Waals surface area (Å²) in [5.41, 5.74) is 0. The highest BCUT2D eigenvalue weighted by Crippen LogP contribution is 2.43. The molecule has 0 atom stereocenters. The first-order valence-electron chi connectivity index (χ1n) is 3.42. The van der Waals surface area contributed by atoms with Gasteiger partial charge in [0.1, 0.15) is 9.48 Å². The molecule has 1 saturated carbocycles. The van der Waals surface area contributed by atoms with Crippen LogP contribution in [0.15, 0.2) is 4.60 Å². The Labute approximate surface area is 76.8 Å². The third-order valence-corrected chi connectivity index (χ3v) is 3.67. The lowest BCUT2D eigenvalue weighted by Crippen LogP contribution is -1.73. The fourth-order valence-corrected chi connectivity index (χ4v) is 2.49. The van der Waals surface area contributed by atoms with Crippen LogP contribution in [0.1, 0.15) is 33.4 Å². The Balaban J connectivity index is 2.35. The van der Waals surface area contributed by atoms with Crippen molar-refractivity contribution < 1.29 is 4.79 Å². The zero-order valence-corrected chi connectivity index (χ0v) is 8.11. The highest BCUT2D eigenvalue weighted by atomic mass is 79.9. The van der Waals surface area contributed by atoms with Crippen molar-refractivity contribution in [3.63, 3.8) is 0 Å². The zero-order valence-electron chi connectivity index (χ0n) is 5.71. The van der Waals surface area contributed by atoms with Gasteiger partial charge in [-0.05, 0) is 28.8 Å². The van der Waals surface area contributed by atoms with Gasteiger partial charge in [0.25, 0.3) is 0 Å². The van der Waals surface area contributed by atoms with E-state index in [0.29, 0.717) is 15.4 Å². The number of halogens is 1. The van der Waals surface area contributed by atoms with Crippen LogP contribution in [0, 0.1) is 0 Å². The molecule has 0 bridgehead atoms. The van der Waals surface area contributed by atoms with Crippen molar-refractivity contribution in [2.24, 2.45) is 0 Å². The summed E-state index contributed by atoms with van der Waals surface area (Å²) in [5.74, 6) is 0.644. The molecule has 0 radical (unpaired) electrons. The maximum Gasteiger partial charge on any atom is 0.162 e. The van der Waals surface area contributed by atoms with Gasteiger partial charge in [-0.1, -0.05) is 0 Å². The van der Waals surface area contributed by atoms with Crippen molar-refractivity contribution in [3.8, 4) is 0 Å². The quantitative estimate of drug-likeness (QED) is 0.733. The molecule has 2 nitrogen and oxygen atoms in total. The summed E-state index contributed by atoms with van der Waals surface area (Å²) in [4.78, 5) is 15.4. The molecule has 0 saturated heterocycles. The van der Waals surface area contributed by atoms with Gasteiger partial charge in [-0.15, -0.1) is 11.3 Å². The molecule has 11 heavy (non-hydrogen) atoms. The number of carbonyl (C=O) groups excluding carboxylic acids is 1. The molecule has 0 amide bonds. The maximum absolute atomic E-state index is 10.4. The van der Waals surface area contributed by atoms with E-state index in [-0.39, 0.29) is 0 Å². The predicted molar refractivity (Wildman–Crippen MR) is 47.2 cm³/mol. The van der Waals surface area contributed by atoms with Gasteiger partial charge in [-0.25, -0.2) is 4.98 Å². The minimum Gasteiger partial charge on any atom is -0.297 e. The molecular formula is C7H6BrNOS. The average molecular weight is 232 g/mol. The average Bonchev–Trinajstić information content (AvgIpc) is 2.76. The second-order valence-electron chi connectivity index (χ2n) is 2.60. The van der Waals surface area contributed by atoms with Crippen molar-refractivity contribution in [3.05, 3.63) is 14.5 Å². The Bertz CT molecular complexity index is 293. The molecule has 58 valence electrons. The van der Waals surface area contributed by atoms with Gasteiger partial charge in [-0.3, -0.25) is 4.79 Å². The van der Waals surface area contributed by atoms with Crippen LogP contribution in [0.5, 0.6) is 0 Å². The van der Waals surface area contributed by atoms with E-state index in [1.807, 2.05) is 0 Å². The smallest absolute Gasteiger partial charge is 0.162 e. The van der Waals surface area contributed by atoms with Crippen LogP contribution in [-0.2, 0) is 0 Å². The molecule has 1 aliphatic rings. The normalized spacial score (nSPS) is 16.8. The molecule has 1 aliphatic carbocycles. The van der Waals surface area contributed by atoms with Gasteiger partial charge in [0.05, 0.1) is 5.01 Å². The van der Waals surface area contributed by atoms with E-state index in [2.05, 4.69) is 20.9 Å². The van der Waals surface area contributed by atoms with Crippen LogP contribution < -0.4 is 0 Å². The van der Waals surface area contributed by atoms with Gasteiger partial charge in [0, 0.05) is 5.92 Å². The molecule has 1 aromatic rings. The topological polar surface area (TPSA) is 30.0 Å². The second-order valence-corrected chi connectivity index (χ2v) is 4.41.